The molecule has 0 radical (unpaired) electrons. The molecule has 0 spiro atoms. The van der Waals surface area contributed by atoms with E-state index in [9.17, 15) is 0 Å². The first-order chi connectivity index (χ1) is 9.45. The molecule has 1 saturated heterocycles. The molecular weight excluding hydrogens is 234 g/mol. The van der Waals surface area contributed by atoms with Gasteiger partial charge in [-0.25, -0.2) is 0 Å². The first kappa shape index (κ1) is 15.3. The Morgan fingerprint density at radius 1 is 0.684 bits per heavy atom. The van der Waals surface area contributed by atoms with Gasteiger partial charge in [-0.15, -0.1) is 0 Å². The van der Waals surface area contributed by atoms with Crippen molar-refractivity contribution in [2.24, 2.45) is 0 Å². The molecule has 2 aliphatic rings. The van der Waals surface area contributed by atoms with Crippen molar-refractivity contribution in [3.05, 3.63) is 0 Å². The van der Waals surface area contributed by atoms with Crippen molar-refractivity contribution >= 4 is 0 Å². The van der Waals surface area contributed by atoms with Crippen molar-refractivity contribution in [1.82, 2.24) is 5.32 Å². The number of ether oxygens (including phenoxy) is 1. The summed E-state index contributed by atoms with van der Waals surface area (Å²) in [5.41, 5.74) is 0. The van der Waals surface area contributed by atoms with Gasteiger partial charge in [0.05, 0.1) is 6.10 Å². The maximum Gasteiger partial charge on any atom is 0.0700 e. The molecule has 0 aromatic heterocycles. The van der Waals surface area contributed by atoms with E-state index >= 15 is 0 Å². The SMILES string of the molecule is C1CCCCCC(NCC2CCCO2)CCCCC1. The third-order valence-corrected chi connectivity index (χ3v) is 4.76. The average molecular weight is 267 g/mol. The lowest BCUT2D eigenvalue weighted by Crippen LogP contribution is -2.35. The molecular formula is C17H33NO. The van der Waals surface area contributed by atoms with Crippen molar-refractivity contribution in [1.29, 1.82) is 0 Å². The largest absolute Gasteiger partial charge is 0.377 e. The Morgan fingerprint density at radius 2 is 1.26 bits per heavy atom. The highest BCUT2D eigenvalue weighted by molar-refractivity contribution is 4.73. The van der Waals surface area contributed by atoms with Gasteiger partial charge in [0.2, 0.25) is 0 Å². The highest BCUT2D eigenvalue weighted by Crippen LogP contribution is 2.18. The molecule has 112 valence electrons. The van der Waals surface area contributed by atoms with Crippen LogP contribution in [0.4, 0.5) is 0 Å². The molecule has 1 N–H and O–H groups in total. The van der Waals surface area contributed by atoms with Crippen LogP contribution in [-0.2, 0) is 4.74 Å². The minimum atomic E-state index is 0.501. The molecule has 0 aromatic rings. The summed E-state index contributed by atoms with van der Waals surface area (Å²) >= 11 is 0. The van der Waals surface area contributed by atoms with Crippen LogP contribution < -0.4 is 5.32 Å². The number of hydrogen-bond acceptors (Lipinski definition) is 2. The fourth-order valence-electron chi connectivity index (χ4n) is 3.47. The fraction of sp³-hybridized carbons (Fsp3) is 1.00. The van der Waals surface area contributed by atoms with Crippen molar-refractivity contribution < 1.29 is 4.74 Å². The maximum absolute atomic E-state index is 5.72. The van der Waals surface area contributed by atoms with Gasteiger partial charge in [-0.3, -0.25) is 0 Å². The summed E-state index contributed by atoms with van der Waals surface area (Å²) in [5.74, 6) is 0. The highest BCUT2D eigenvalue weighted by atomic mass is 16.5. The van der Waals surface area contributed by atoms with Crippen molar-refractivity contribution in [3.63, 3.8) is 0 Å². The second-order valence-corrected chi connectivity index (χ2v) is 6.50. The lowest BCUT2D eigenvalue weighted by molar-refractivity contribution is 0.106. The first-order valence-electron chi connectivity index (χ1n) is 8.80. The zero-order chi connectivity index (χ0) is 13.2. The minimum Gasteiger partial charge on any atom is -0.377 e. The third kappa shape index (κ3) is 6.76. The molecule has 2 fully saturated rings. The summed E-state index contributed by atoms with van der Waals surface area (Å²) in [6.45, 7) is 2.07. The highest BCUT2D eigenvalue weighted by Gasteiger charge is 2.17. The van der Waals surface area contributed by atoms with E-state index in [1.54, 1.807) is 0 Å². The molecule has 1 atom stereocenters. The first-order valence-corrected chi connectivity index (χ1v) is 8.80. The summed E-state index contributed by atoms with van der Waals surface area (Å²) in [6, 6.07) is 0.753. The predicted octanol–water partition coefficient (Wildman–Crippen LogP) is 4.43. The molecule has 1 aliphatic carbocycles. The normalized spacial score (nSPS) is 28.7. The van der Waals surface area contributed by atoms with Crippen LogP contribution in [0.15, 0.2) is 0 Å². The number of rotatable bonds is 3. The van der Waals surface area contributed by atoms with Crippen LogP contribution in [0, 0.1) is 0 Å². The molecule has 1 saturated carbocycles. The van der Waals surface area contributed by atoms with E-state index in [-0.39, 0.29) is 0 Å². The predicted molar refractivity (Wildman–Crippen MR) is 81.6 cm³/mol. The second-order valence-electron chi connectivity index (χ2n) is 6.50. The van der Waals surface area contributed by atoms with E-state index in [4.69, 9.17) is 4.74 Å². The lowest BCUT2D eigenvalue weighted by atomic mass is 9.98. The Bertz CT molecular complexity index is 201. The summed E-state index contributed by atoms with van der Waals surface area (Å²) in [7, 11) is 0. The Balaban J connectivity index is 1.65. The molecule has 19 heavy (non-hydrogen) atoms. The zero-order valence-electron chi connectivity index (χ0n) is 12.7. The van der Waals surface area contributed by atoms with Crippen LogP contribution in [0.5, 0.6) is 0 Å². The van der Waals surface area contributed by atoms with Crippen LogP contribution in [0.2, 0.25) is 0 Å². The standard InChI is InChI=1S/C17H33NO/c1-2-4-6-8-11-16(12-9-7-5-3-1)18-15-17-13-10-14-19-17/h16-18H,1-15H2. The number of hydrogen-bond donors (Lipinski definition) is 1. The van der Waals surface area contributed by atoms with Gasteiger partial charge in [0, 0.05) is 19.2 Å². The van der Waals surface area contributed by atoms with E-state index in [1.807, 2.05) is 0 Å². The molecule has 0 aromatic carbocycles. The minimum absolute atomic E-state index is 0.501. The van der Waals surface area contributed by atoms with Crippen LogP contribution in [-0.4, -0.2) is 25.3 Å². The molecule has 0 amide bonds. The molecule has 1 heterocycles. The monoisotopic (exact) mass is 267 g/mol. The zero-order valence-corrected chi connectivity index (χ0v) is 12.7. The topological polar surface area (TPSA) is 21.3 Å². The second kappa shape index (κ2) is 9.77. The smallest absolute Gasteiger partial charge is 0.0700 e. The Kier molecular flexibility index (Phi) is 7.87. The molecule has 1 unspecified atom stereocenters. The molecule has 2 rings (SSSR count). The van der Waals surface area contributed by atoms with Gasteiger partial charge in [0.1, 0.15) is 0 Å². The quantitative estimate of drug-likeness (QED) is 0.817. The van der Waals surface area contributed by atoms with Gasteiger partial charge in [-0.1, -0.05) is 57.8 Å². The Labute approximate surface area is 119 Å². The van der Waals surface area contributed by atoms with Gasteiger partial charge in [-0.2, -0.15) is 0 Å². The summed E-state index contributed by atoms with van der Waals surface area (Å²) in [4.78, 5) is 0. The lowest BCUT2D eigenvalue weighted by Gasteiger charge is -2.21. The van der Waals surface area contributed by atoms with Crippen LogP contribution >= 0.6 is 0 Å². The summed E-state index contributed by atoms with van der Waals surface area (Å²) in [5, 5.41) is 3.79. The van der Waals surface area contributed by atoms with E-state index in [0.717, 1.165) is 19.2 Å². The summed E-state index contributed by atoms with van der Waals surface area (Å²) in [6.07, 6.45) is 18.8. The fourth-order valence-corrected chi connectivity index (χ4v) is 3.47. The van der Waals surface area contributed by atoms with Crippen molar-refractivity contribution in [2.45, 2.75) is 95.6 Å². The van der Waals surface area contributed by atoms with Gasteiger partial charge in [0.25, 0.3) is 0 Å². The molecule has 1 aliphatic heterocycles. The van der Waals surface area contributed by atoms with Crippen LogP contribution in [0.3, 0.4) is 0 Å². The van der Waals surface area contributed by atoms with Gasteiger partial charge in [-0.05, 0) is 25.7 Å². The molecule has 2 heteroatoms. The third-order valence-electron chi connectivity index (χ3n) is 4.76. The molecule has 2 nitrogen and oxygen atoms in total. The van der Waals surface area contributed by atoms with Gasteiger partial charge >= 0.3 is 0 Å². The van der Waals surface area contributed by atoms with Crippen molar-refractivity contribution in [2.75, 3.05) is 13.2 Å². The summed E-state index contributed by atoms with van der Waals surface area (Å²) < 4.78 is 5.72. The molecule has 0 bridgehead atoms. The van der Waals surface area contributed by atoms with Gasteiger partial charge in [0.15, 0.2) is 0 Å². The average Bonchev–Trinajstić information content (AvgIpc) is 2.91. The number of nitrogens with one attached hydrogen (secondary N) is 1. The van der Waals surface area contributed by atoms with Crippen LogP contribution in [0.1, 0.15) is 83.5 Å². The van der Waals surface area contributed by atoms with E-state index in [2.05, 4.69) is 5.32 Å². The van der Waals surface area contributed by atoms with E-state index < -0.39 is 0 Å². The Morgan fingerprint density at radius 3 is 1.79 bits per heavy atom. The van der Waals surface area contributed by atoms with E-state index in [1.165, 1.54) is 83.5 Å². The Hall–Kier alpha value is -0.0800. The van der Waals surface area contributed by atoms with E-state index in [0.29, 0.717) is 6.10 Å². The van der Waals surface area contributed by atoms with Crippen LogP contribution in [0.25, 0.3) is 0 Å². The van der Waals surface area contributed by atoms with Crippen molar-refractivity contribution in [3.8, 4) is 0 Å². The maximum atomic E-state index is 5.72. The van der Waals surface area contributed by atoms with Gasteiger partial charge < -0.3 is 10.1 Å².